The van der Waals surface area contributed by atoms with Crippen LogP contribution in [0.15, 0.2) is 18.2 Å². The highest BCUT2D eigenvalue weighted by molar-refractivity contribution is 7.99. The Morgan fingerprint density at radius 2 is 1.79 bits per heavy atom. The van der Waals surface area contributed by atoms with Crippen LogP contribution in [0.4, 0.5) is 0 Å². The summed E-state index contributed by atoms with van der Waals surface area (Å²) in [6, 6.07) is 6.94. The van der Waals surface area contributed by atoms with Gasteiger partial charge >= 0.3 is 0 Å². The molecular formula is C16H25NOS. The zero-order valence-corrected chi connectivity index (χ0v) is 13.0. The normalized spacial score (nSPS) is 20.2. The minimum atomic E-state index is -0.502. The molecule has 1 atom stereocenters. The summed E-state index contributed by atoms with van der Waals surface area (Å²) in [6.45, 7) is 7.14. The highest BCUT2D eigenvalue weighted by Gasteiger charge is 2.29. The van der Waals surface area contributed by atoms with E-state index in [4.69, 9.17) is 0 Å². The van der Waals surface area contributed by atoms with Crippen LogP contribution in [0.25, 0.3) is 0 Å². The van der Waals surface area contributed by atoms with E-state index in [0.717, 1.165) is 24.3 Å². The topological polar surface area (TPSA) is 32.3 Å². The van der Waals surface area contributed by atoms with Gasteiger partial charge in [0.1, 0.15) is 0 Å². The predicted octanol–water partition coefficient (Wildman–Crippen LogP) is 3.21. The molecule has 0 amide bonds. The Hall–Kier alpha value is -0.510. The highest BCUT2D eigenvalue weighted by atomic mass is 32.2. The molecule has 0 radical (unpaired) electrons. The fourth-order valence-electron chi connectivity index (χ4n) is 2.65. The van der Waals surface area contributed by atoms with Crippen molar-refractivity contribution in [3.05, 3.63) is 34.9 Å². The van der Waals surface area contributed by atoms with Crippen LogP contribution in [0.5, 0.6) is 0 Å². The molecule has 1 saturated heterocycles. The third-order valence-electron chi connectivity index (χ3n) is 3.90. The minimum Gasteiger partial charge on any atom is -0.389 e. The number of benzene rings is 1. The fraction of sp³-hybridized carbons (Fsp3) is 0.625. The molecule has 3 heteroatoms. The van der Waals surface area contributed by atoms with Gasteiger partial charge in [0.05, 0.1) is 5.60 Å². The highest BCUT2D eigenvalue weighted by Crippen LogP contribution is 2.27. The summed E-state index contributed by atoms with van der Waals surface area (Å²) in [5, 5.41) is 14.0. The van der Waals surface area contributed by atoms with Crippen LogP contribution >= 0.6 is 11.8 Å². The second kappa shape index (κ2) is 6.29. The summed E-state index contributed by atoms with van der Waals surface area (Å²) in [6.07, 6.45) is 1.81. The van der Waals surface area contributed by atoms with Gasteiger partial charge in [-0.1, -0.05) is 29.3 Å². The van der Waals surface area contributed by atoms with Crippen molar-refractivity contribution in [1.29, 1.82) is 0 Å². The van der Waals surface area contributed by atoms with Gasteiger partial charge in [-0.05, 0) is 50.7 Å². The Morgan fingerprint density at radius 3 is 2.37 bits per heavy atom. The Kier molecular flexibility index (Phi) is 4.93. The van der Waals surface area contributed by atoms with Crippen molar-refractivity contribution in [2.75, 3.05) is 18.1 Å². The van der Waals surface area contributed by atoms with Gasteiger partial charge in [-0.25, -0.2) is 0 Å². The van der Waals surface area contributed by atoms with E-state index in [0.29, 0.717) is 6.54 Å². The average Bonchev–Trinajstić information content (AvgIpc) is 2.36. The minimum absolute atomic E-state index is 0.289. The standard InChI is InChI=1S/C16H25NOS/c1-12-8-13(2)10-15(9-12)14(3)17-11-16(18)4-6-19-7-5-16/h8-10,14,17-18H,4-7,11H2,1-3H3. The number of rotatable bonds is 4. The first-order valence-corrected chi connectivity index (χ1v) is 8.26. The zero-order chi connectivity index (χ0) is 13.9. The van der Waals surface area contributed by atoms with Crippen LogP contribution in [0.3, 0.4) is 0 Å². The van der Waals surface area contributed by atoms with Crippen LogP contribution in [0.1, 0.15) is 42.5 Å². The van der Waals surface area contributed by atoms with Crippen LogP contribution in [0, 0.1) is 13.8 Å². The van der Waals surface area contributed by atoms with Gasteiger partial charge in [0.15, 0.2) is 0 Å². The molecule has 0 spiro atoms. The lowest BCUT2D eigenvalue weighted by Gasteiger charge is -2.33. The van der Waals surface area contributed by atoms with Crippen molar-refractivity contribution in [1.82, 2.24) is 5.32 Å². The molecule has 1 unspecified atom stereocenters. The Balaban J connectivity index is 1.95. The molecule has 106 valence electrons. The van der Waals surface area contributed by atoms with E-state index in [2.05, 4.69) is 44.3 Å². The van der Waals surface area contributed by atoms with Crippen molar-refractivity contribution >= 4 is 11.8 Å². The van der Waals surface area contributed by atoms with E-state index < -0.39 is 5.60 Å². The molecule has 2 nitrogen and oxygen atoms in total. The quantitative estimate of drug-likeness (QED) is 0.887. The maximum absolute atomic E-state index is 10.5. The molecule has 0 aliphatic carbocycles. The molecule has 1 aromatic carbocycles. The first-order valence-electron chi connectivity index (χ1n) is 7.10. The third kappa shape index (κ3) is 4.23. The zero-order valence-electron chi connectivity index (χ0n) is 12.2. The first kappa shape index (κ1) is 14.9. The summed E-state index contributed by atoms with van der Waals surface area (Å²) in [7, 11) is 0. The molecular weight excluding hydrogens is 254 g/mol. The van der Waals surface area contributed by atoms with Crippen molar-refractivity contribution in [2.24, 2.45) is 0 Å². The number of aliphatic hydroxyl groups is 1. The lowest BCUT2D eigenvalue weighted by molar-refractivity contribution is 0.0300. The maximum atomic E-state index is 10.5. The van der Waals surface area contributed by atoms with Gasteiger partial charge in [0, 0.05) is 12.6 Å². The summed E-state index contributed by atoms with van der Waals surface area (Å²) < 4.78 is 0. The molecule has 1 heterocycles. The molecule has 2 rings (SSSR count). The molecule has 1 fully saturated rings. The second-order valence-electron chi connectivity index (χ2n) is 5.86. The summed E-state index contributed by atoms with van der Waals surface area (Å²) in [5.74, 6) is 2.16. The molecule has 1 aliphatic heterocycles. The number of hydrogen-bond donors (Lipinski definition) is 2. The Bertz CT molecular complexity index is 407. The molecule has 2 N–H and O–H groups in total. The summed E-state index contributed by atoms with van der Waals surface area (Å²) in [5.41, 5.74) is 3.41. The number of hydrogen-bond acceptors (Lipinski definition) is 3. The van der Waals surface area contributed by atoms with Gasteiger partial charge in [0.25, 0.3) is 0 Å². The van der Waals surface area contributed by atoms with E-state index in [-0.39, 0.29) is 6.04 Å². The summed E-state index contributed by atoms with van der Waals surface area (Å²) >= 11 is 1.94. The van der Waals surface area contributed by atoms with Crippen molar-refractivity contribution in [3.63, 3.8) is 0 Å². The van der Waals surface area contributed by atoms with Gasteiger partial charge in [-0.15, -0.1) is 0 Å². The van der Waals surface area contributed by atoms with Crippen LogP contribution in [-0.2, 0) is 0 Å². The van der Waals surface area contributed by atoms with E-state index in [9.17, 15) is 5.11 Å². The van der Waals surface area contributed by atoms with Crippen molar-refractivity contribution in [3.8, 4) is 0 Å². The van der Waals surface area contributed by atoms with E-state index in [1.807, 2.05) is 11.8 Å². The lowest BCUT2D eigenvalue weighted by atomic mass is 9.95. The fourth-order valence-corrected chi connectivity index (χ4v) is 3.90. The Labute approximate surface area is 121 Å². The average molecular weight is 279 g/mol. The summed E-state index contributed by atoms with van der Waals surface area (Å²) in [4.78, 5) is 0. The van der Waals surface area contributed by atoms with E-state index in [1.165, 1.54) is 16.7 Å². The van der Waals surface area contributed by atoms with Crippen LogP contribution < -0.4 is 5.32 Å². The monoisotopic (exact) mass is 279 g/mol. The maximum Gasteiger partial charge on any atom is 0.0787 e. The van der Waals surface area contributed by atoms with Gasteiger partial charge in [0.2, 0.25) is 0 Å². The van der Waals surface area contributed by atoms with Gasteiger partial charge in [-0.3, -0.25) is 0 Å². The largest absolute Gasteiger partial charge is 0.389 e. The van der Waals surface area contributed by atoms with Crippen molar-refractivity contribution < 1.29 is 5.11 Å². The number of aryl methyl sites for hydroxylation is 2. The van der Waals surface area contributed by atoms with Crippen LogP contribution in [0.2, 0.25) is 0 Å². The first-order chi connectivity index (χ1) is 8.98. The molecule has 0 bridgehead atoms. The van der Waals surface area contributed by atoms with Crippen molar-refractivity contribution in [2.45, 2.75) is 45.3 Å². The van der Waals surface area contributed by atoms with Crippen LogP contribution in [-0.4, -0.2) is 28.8 Å². The van der Waals surface area contributed by atoms with Gasteiger partial charge in [-0.2, -0.15) is 11.8 Å². The smallest absolute Gasteiger partial charge is 0.0787 e. The van der Waals surface area contributed by atoms with Gasteiger partial charge < -0.3 is 10.4 Å². The predicted molar refractivity (Wildman–Crippen MR) is 83.8 cm³/mol. The molecule has 1 aromatic rings. The second-order valence-corrected chi connectivity index (χ2v) is 7.09. The molecule has 19 heavy (non-hydrogen) atoms. The Morgan fingerprint density at radius 1 is 1.21 bits per heavy atom. The van der Waals surface area contributed by atoms with E-state index >= 15 is 0 Å². The lowest BCUT2D eigenvalue weighted by Crippen LogP contribution is -2.44. The van der Waals surface area contributed by atoms with E-state index in [1.54, 1.807) is 0 Å². The SMILES string of the molecule is Cc1cc(C)cc(C(C)NCC2(O)CCSCC2)c1. The third-order valence-corrected chi connectivity index (χ3v) is 4.89. The molecule has 0 aromatic heterocycles. The molecule has 0 saturated carbocycles. The number of thioether (sulfide) groups is 1. The number of nitrogens with one attached hydrogen (secondary N) is 1. The molecule has 1 aliphatic rings.